The molecule has 2 rings (SSSR count). The Morgan fingerprint density at radius 1 is 0.667 bits per heavy atom. The Hall–Kier alpha value is -1.32. The van der Waals surface area contributed by atoms with Gasteiger partial charge in [-0.25, -0.2) is 18.3 Å². The summed E-state index contributed by atoms with van der Waals surface area (Å²) in [5, 5.41) is 0. The summed E-state index contributed by atoms with van der Waals surface area (Å²) in [4.78, 5) is 0. The third-order valence-corrected chi connectivity index (χ3v) is 4.19. The highest BCUT2D eigenvalue weighted by Crippen LogP contribution is 2.06. The fourth-order valence-electron chi connectivity index (χ4n) is 2.71. The molecular weight excluding hydrogens is 463 g/mol. The minimum Gasteiger partial charge on any atom is -1.00 e. The van der Waals surface area contributed by atoms with Gasteiger partial charge in [0.1, 0.15) is 24.8 Å². The number of imidazole rings is 2. The zero-order chi connectivity index (χ0) is 22.1. The highest BCUT2D eigenvalue weighted by Gasteiger charge is 2.20. The molecule has 0 unspecified atom stereocenters. The van der Waals surface area contributed by atoms with Gasteiger partial charge in [0.2, 0.25) is 12.7 Å². The summed E-state index contributed by atoms with van der Waals surface area (Å²) in [6.45, 7) is 6.83. The Morgan fingerprint density at radius 2 is 1.00 bits per heavy atom. The van der Waals surface area contributed by atoms with Crippen molar-refractivity contribution in [2.24, 2.45) is 14.1 Å². The van der Waals surface area contributed by atoms with Crippen LogP contribution < -0.4 is 26.1 Å². The molecule has 0 amide bonds. The van der Waals surface area contributed by atoms with E-state index in [-0.39, 0.29) is 17.0 Å². The summed E-state index contributed by atoms with van der Waals surface area (Å²) in [5.74, 6) is 0. The third-order valence-electron chi connectivity index (χ3n) is 4.19. The standard InChI is InChI=1S/2C10H19N2.BF4.BrH/c2*1-3-4-5-6-7-12-9-8-11(2)10-12;2-1(3,4)5;/h2*8-10H,3-7H2,1-2H3;;1H/q2*+1;-1;/p-1. The minimum absolute atomic E-state index is 0. The molecule has 2 aromatic rings. The molecule has 0 N–H and O–H groups in total. The van der Waals surface area contributed by atoms with E-state index in [4.69, 9.17) is 0 Å². The molecule has 176 valence electrons. The van der Waals surface area contributed by atoms with Crippen molar-refractivity contribution in [3.8, 4) is 0 Å². The molecule has 10 heteroatoms. The first kappa shape index (κ1) is 30.9. The van der Waals surface area contributed by atoms with Gasteiger partial charge in [0, 0.05) is 0 Å². The summed E-state index contributed by atoms with van der Waals surface area (Å²) < 4.78 is 47.7. The van der Waals surface area contributed by atoms with Crippen LogP contribution in [0, 0.1) is 0 Å². The first-order valence-electron chi connectivity index (χ1n) is 10.5. The first-order valence-corrected chi connectivity index (χ1v) is 10.5. The molecule has 2 aromatic heterocycles. The zero-order valence-corrected chi connectivity index (χ0v) is 20.4. The van der Waals surface area contributed by atoms with Crippen LogP contribution in [-0.4, -0.2) is 16.4 Å². The predicted octanol–water partition coefficient (Wildman–Crippen LogP) is 2.09. The van der Waals surface area contributed by atoms with Gasteiger partial charge in [-0.3, -0.25) is 0 Å². The topological polar surface area (TPSA) is 17.6 Å². The van der Waals surface area contributed by atoms with Gasteiger partial charge < -0.3 is 34.2 Å². The van der Waals surface area contributed by atoms with Gasteiger partial charge >= 0.3 is 7.25 Å². The molecule has 0 spiro atoms. The molecule has 0 fully saturated rings. The van der Waals surface area contributed by atoms with Gasteiger partial charge in [0.05, 0.1) is 27.2 Å². The normalized spacial score (nSPS) is 10.4. The number of unbranched alkanes of at least 4 members (excludes halogenated alkanes) is 6. The average Bonchev–Trinajstić information content (AvgIpc) is 3.23. The van der Waals surface area contributed by atoms with Crippen LogP contribution in [0.5, 0.6) is 0 Å². The molecule has 2 heterocycles. The highest BCUT2D eigenvalue weighted by molar-refractivity contribution is 6.50. The van der Waals surface area contributed by atoms with E-state index in [1.54, 1.807) is 0 Å². The maximum absolute atomic E-state index is 9.75. The summed E-state index contributed by atoms with van der Waals surface area (Å²) in [7, 11) is -1.88. The average molecular weight is 501 g/mol. The summed E-state index contributed by atoms with van der Waals surface area (Å²) in [5.41, 5.74) is 0. The lowest BCUT2D eigenvalue weighted by molar-refractivity contribution is -0.671. The van der Waals surface area contributed by atoms with Crippen molar-refractivity contribution in [2.75, 3.05) is 0 Å². The minimum atomic E-state index is -6.00. The van der Waals surface area contributed by atoms with E-state index in [2.05, 4.69) is 83.7 Å². The number of hydrogen-bond acceptors (Lipinski definition) is 0. The van der Waals surface area contributed by atoms with E-state index in [0.29, 0.717) is 0 Å². The molecule has 0 saturated heterocycles. The van der Waals surface area contributed by atoms with Gasteiger partial charge in [0.15, 0.2) is 0 Å². The van der Waals surface area contributed by atoms with Crippen LogP contribution in [0.4, 0.5) is 17.3 Å². The first-order chi connectivity index (χ1) is 13.7. The Bertz CT molecular complexity index is 578. The SMILES string of the molecule is CCCCCCn1cc[n+](C)c1.CCCCCCn1cc[n+](C)c1.F[B-](F)(F)F.[Br-]. The van der Waals surface area contributed by atoms with Gasteiger partial charge in [-0.2, -0.15) is 0 Å². The van der Waals surface area contributed by atoms with E-state index < -0.39 is 7.25 Å². The van der Waals surface area contributed by atoms with E-state index in [1.807, 2.05) is 0 Å². The number of hydrogen-bond donors (Lipinski definition) is 0. The summed E-state index contributed by atoms with van der Waals surface area (Å²) in [6, 6.07) is 0. The third kappa shape index (κ3) is 21.4. The molecule has 0 bridgehead atoms. The number of rotatable bonds is 10. The quantitative estimate of drug-likeness (QED) is 0.206. The molecular formula is C20H38BBrF4N4. The molecule has 0 radical (unpaired) electrons. The Morgan fingerprint density at radius 3 is 1.23 bits per heavy atom. The van der Waals surface area contributed by atoms with Crippen LogP contribution >= 0.6 is 0 Å². The number of nitrogens with zero attached hydrogens (tertiary/aromatic N) is 4. The fraction of sp³-hybridized carbons (Fsp3) is 0.700. The van der Waals surface area contributed by atoms with Crippen LogP contribution in [0.3, 0.4) is 0 Å². The number of halogens is 5. The van der Waals surface area contributed by atoms with Crippen LogP contribution in [0.2, 0.25) is 0 Å². The number of aryl methyl sites for hydroxylation is 4. The zero-order valence-electron chi connectivity index (χ0n) is 18.8. The molecule has 4 nitrogen and oxygen atoms in total. The Kier molecular flexibility index (Phi) is 19.0. The molecule has 30 heavy (non-hydrogen) atoms. The largest absolute Gasteiger partial charge is 1.00 e. The van der Waals surface area contributed by atoms with Crippen LogP contribution in [-0.2, 0) is 27.2 Å². The molecule has 0 aliphatic carbocycles. The van der Waals surface area contributed by atoms with Crippen molar-refractivity contribution in [1.82, 2.24) is 9.13 Å². The van der Waals surface area contributed by atoms with E-state index in [9.17, 15) is 17.3 Å². The Balaban J connectivity index is 0. The van der Waals surface area contributed by atoms with Gasteiger partial charge in [-0.05, 0) is 25.7 Å². The lowest BCUT2D eigenvalue weighted by Gasteiger charge is -1.95. The van der Waals surface area contributed by atoms with Gasteiger partial charge in [-0.15, -0.1) is 0 Å². The molecule has 0 saturated carbocycles. The maximum Gasteiger partial charge on any atom is 0.673 e. The summed E-state index contributed by atoms with van der Waals surface area (Å²) in [6.07, 6.45) is 23.4. The smallest absolute Gasteiger partial charge is 0.673 e. The van der Waals surface area contributed by atoms with E-state index >= 15 is 0 Å². The second-order valence-corrected chi connectivity index (χ2v) is 7.25. The van der Waals surface area contributed by atoms with Crippen molar-refractivity contribution in [3.05, 3.63) is 37.4 Å². The van der Waals surface area contributed by atoms with Gasteiger partial charge in [-0.1, -0.05) is 39.5 Å². The highest BCUT2D eigenvalue weighted by atomic mass is 79.9. The maximum atomic E-state index is 9.75. The van der Waals surface area contributed by atoms with Crippen molar-refractivity contribution in [1.29, 1.82) is 0 Å². The predicted molar refractivity (Wildman–Crippen MR) is 110 cm³/mol. The van der Waals surface area contributed by atoms with Gasteiger partial charge in [0.25, 0.3) is 0 Å². The van der Waals surface area contributed by atoms with E-state index in [0.717, 1.165) is 0 Å². The second kappa shape index (κ2) is 18.5. The van der Waals surface area contributed by atoms with E-state index in [1.165, 1.54) is 64.5 Å². The van der Waals surface area contributed by atoms with Crippen molar-refractivity contribution in [2.45, 2.75) is 78.3 Å². The lowest BCUT2D eigenvalue weighted by atomic mass is 10.2. The Labute approximate surface area is 189 Å². The van der Waals surface area contributed by atoms with Crippen molar-refractivity contribution >= 4 is 7.25 Å². The number of aromatic nitrogens is 4. The van der Waals surface area contributed by atoms with Crippen molar-refractivity contribution in [3.63, 3.8) is 0 Å². The molecule has 0 aliphatic heterocycles. The molecule has 0 aliphatic rings. The molecule has 0 aromatic carbocycles. The second-order valence-electron chi connectivity index (χ2n) is 7.25. The van der Waals surface area contributed by atoms with Crippen molar-refractivity contribution < 1.29 is 43.4 Å². The fourth-order valence-corrected chi connectivity index (χ4v) is 2.71. The molecule has 0 atom stereocenters. The van der Waals surface area contributed by atoms with Crippen LogP contribution in [0.15, 0.2) is 37.4 Å². The van der Waals surface area contributed by atoms with Crippen LogP contribution in [0.25, 0.3) is 0 Å². The lowest BCUT2D eigenvalue weighted by Crippen LogP contribution is -3.00. The summed E-state index contributed by atoms with van der Waals surface area (Å²) >= 11 is 0. The monoisotopic (exact) mass is 500 g/mol. The van der Waals surface area contributed by atoms with Crippen LogP contribution in [0.1, 0.15) is 65.2 Å².